The second-order valence-electron chi connectivity index (χ2n) is 6.13. The van der Waals surface area contributed by atoms with Gasteiger partial charge in [-0.05, 0) is 23.3 Å². The van der Waals surface area contributed by atoms with Gasteiger partial charge in [-0.25, -0.2) is 0 Å². The first-order valence-corrected chi connectivity index (χ1v) is 9.19. The van der Waals surface area contributed by atoms with Gasteiger partial charge >= 0.3 is 0 Å². The molecule has 25 heavy (non-hydrogen) atoms. The largest absolute Gasteiger partial charge is 0.489 e. The Bertz CT molecular complexity index is 730. The summed E-state index contributed by atoms with van der Waals surface area (Å²) >= 11 is 1.27. The zero-order valence-electron chi connectivity index (χ0n) is 14.2. The van der Waals surface area contributed by atoms with Crippen LogP contribution in [0, 0.1) is 0 Å². The van der Waals surface area contributed by atoms with Crippen LogP contribution in [-0.2, 0) is 22.7 Å². The van der Waals surface area contributed by atoms with Crippen molar-refractivity contribution >= 4 is 22.8 Å². The lowest BCUT2D eigenvalue weighted by Crippen LogP contribution is -2.25. The molecular formula is C20H21NO3S. The van der Waals surface area contributed by atoms with Gasteiger partial charge in [-0.2, -0.15) is 0 Å². The molecule has 1 heterocycles. The van der Waals surface area contributed by atoms with Crippen molar-refractivity contribution < 1.29 is 14.3 Å². The van der Waals surface area contributed by atoms with E-state index in [-0.39, 0.29) is 16.3 Å². The number of amides is 1. The highest BCUT2D eigenvalue weighted by atomic mass is 32.2. The predicted molar refractivity (Wildman–Crippen MR) is 99.3 cm³/mol. The second kappa shape index (κ2) is 8.21. The number of hydrogen-bond acceptors (Lipinski definition) is 4. The summed E-state index contributed by atoms with van der Waals surface area (Å²) in [6.45, 7) is 3.30. The zero-order valence-corrected chi connectivity index (χ0v) is 15.0. The molecular weight excluding hydrogens is 334 g/mol. The van der Waals surface area contributed by atoms with Crippen molar-refractivity contribution in [2.45, 2.75) is 31.7 Å². The minimum atomic E-state index is 0.0717. The Morgan fingerprint density at radius 1 is 1.12 bits per heavy atom. The molecule has 1 amide bonds. The summed E-state index contributed by atoms with van der Waals surface area (Å²) in [7, 11) is 0. The smallest absolute Gasteiger partial charge is 0.224 e. The number of benzene rings is 2. The third-order valence-electron chi connectivity index (χ3n) is 4.06. The zero-order chi connectivity index (χ0) is 17.6. The molecule has 0 spiro atoms. The van der Waals surface area contributed by atoms with Gasteiger partial charge in [-0.15, -0.1) is 0 Å². The van der Waals surface area contributed by atoms with E-state index in [1.54, 1.807) is 6.92 Å². The lowest BCUT2D eigenvalue weighted by atomic mass is 10.1. The predicted octanol–water partition coefficient (Wildman–Crippen LogP) is 3.65. The number of carbonyl (C=O) groups excluding carboxylic acids is 2. The Morgan fingerprint density at radius 3 is 2.48 bits per heavy atom. The Balaban J connectivity index is 1.52. The molecule has 5 heteroatoms. The second-order valence-corrected chi connectivity index (χ2v) is 7.61. The molecule has 0 radical (unpaired) electrons. The van der Waals surface area contributed by atoms with E-state index in [1.165, 1.54) is 11.8 Å². The standard InChI is InChI=1S/C20H21NO3S/c1-15(22)25-19-11-20(23)21(13-19)12-16-7-9-17(10-8-16)14-24-18-5-3-2-4-6-18/h2-10,19H,11-14H2,1H3. The summed E-state index contributed by atoms with van der Waals surface area (Å²) in [5.41, 5.74) is 2.18. The summed E-state index contributed by atoms with van der Waals surface area (Å²) in [4.78, 5) is 25.1. The van der Waals surface area contributed by atoms with Crippen LogP contribution in [0.25, 0.3) is 0 Å². The molecule has 0 aliphatic carbocycles. The van der Waals surface area contributed by atoms with Crippen LogP contribution in [0.3, 0.4) is 0 Å². The number of hydrogen-bond donors (Lipinski definition) is 0. The van der Waals surface area contributed by atoms with E-state index in [9.17, 15) is 9.59 Å². The lowest BCUT2D eigenvalue weighted by Gasteiger charge is -2.16. The number of nitrogens with zero attached hydrogens (tertiary/aromatic N) is 1. The van der Waals surface area contributed by atoms with Crippen LogP contribution >= 0.6 is 11.8 Å². The maximum absolute atomic E-state index is 12.1. The minimum absolute atomic E-state index is 0.0717. The van der Waals surface area contributed by atoms with Crippen molar-refractivity contribution in [2.75, 3.05) is 6.54 Å². The van der Waals surface area contributed by atoms with Gasteiger partial charge in [0.15, 0.2) is 5.12 Å². The van der Waals surface area contributed by atoms with Crippen LogP contribution in [-0.4, -0.2) is 27.7 Å². The average molecular weight is 355 g/mol. The normalized spacial score (nSPS) is 16.9. The van der Waals surface area contributed by atoms with Crippen molar-refractivity contribution in [3.05, 3.63) is 65.7 Å². The SMILES string of the molecule is CC(=O)SC1CC(=O)N(Cc2ccc(COc3ccccc3)cc2)C1. The van der Waals surface area contributed by atoms with Crippen molar-refractivity contribution in [1.82, 2.24) is 4.90 Å². The fraction of sp³-hybridized carbons (Fsp3) is 0.300. The molecule has 3 rings (SSSR count). The Morgan fingerprint density at radius 2 is 1.80 bits per heavy atom. The van der Waals surface area contributed by atoms with Gasteiger partial charge in [-0.1, -0.05) is 54.2 Å². The van der Waals surface area contributed by atoms with Crippen molar-refractivity contribution in [2.24, 2.45) is 0 Å². The fourth-order valence-electron chi connectivity index (χ4n) is 2.85. The molecule has 1 aliphatic rings. The molecule has 0 N–H and O–H groups in total. The number of carbonyl (C=O) groups is 2. The van der Waals surface area contributed by atoms with Gasteiger partial charge in [0.2, 0.25) is 5.91 Å². The van der Waals surface area contributed by atoms with Crippen molar-refractivity contribution in [3.8, 4) is 5.75 Å². The molecule has 130 valence electrons. The number of para-hydroxylation sites is 1. The summed E-state index contributed by atoms with van der Waals surface area (Å²) < 4.78 is 5.73. The van der Waals surface area contributed by atoms with Gasteiger partial charge in [0.1, 0.15) is 12.4 Å². The lowest BCUT2D eigenvalue weighted by molar-refractivity contribution is -0.128. The molecule has 1 saturated heterocycles. The van der Waals surface area contributed by atoms with Gasteiger partial charge in [0, 0.05) is 31.7 Å². The van der Waals surface area contributed by atoms with E-state index in [0.29, 0.717) is 26.1 Å². The molecule has 2 aromatic rings. The van der Waals surface area contributed by atoms with Gasteiger partial charge in [0.05, 0.1) is 0 Å². The molecule has 2 aromatic carbocycles. The summed E-state index contributed by atoms with van der Waals surface area (Å²) in [6.07, 6.45) is 0.452. The Hall–Kier alpha value is -2.27. The first-order valence-electron chi connectivity index (χ1n) is 8.31. The monoisotopic (exact) mass is 355 g/mol. The highest BCUT2D eigenvalue weighted by Gasteiger charge is 2.30. The highest BCUT2D eigenvalue weighted by Crippen LogP contribution is 2.25. The maximum atomic E-state index is 12.1. The first kappa shape index (κ1) is 17.5. The van der Waals surface area contributed by atoms with E-state index in [2.05, 4.69) is 0 Å². The van der Waals surface area contributed by atoms with Crippen LogP contribution in [0.5, 0.6) is 5.75 Å². The van der Waals surface area contributed by atoms with E-state index >= 15 is 0 Å². The quantitative estimate of drug-likeness (QED) is 0.794. The summed E-state index contributed by atoms with van der Waals surface area (Å²) in [5, 5.41) is 0.158. The molecule has 4 nitrogen and oxygen atoms in total. The molecule has 0 bridgehead atoms. The van der Waals surface area contributed by atoms with Crippen LogP contribution in [0.1, 0.15) is 24.5 Å². The third kappa shape index (κ3) is 5.10. The van der Waals surface area contributed by atoms with Crippen molar-refractivity contribution in [1.29, 1.82) is 0 Å². The molecule has 1 fully saturated rings. The topological polar surface area (TPSA) is 46.6 Å². The average Bonchev–Trinajstić information content (AvgIpc) is 2.93. The number of thioether (sulfide) groups is 1. The van der Waals surface area contributed by atoms with E-state index in [0.717, 1.165) is 16.9 Å². The fourth-order valence-corrected chi connectivity index (χ4v) is 3.80. The van der Waals surface area contributed by atoms with Crippen LogP contribution in [0.15, 0.2) is 54.6 Å². The minimum Gasteiger partial charge on any atom is -0.489 e. The Labute approximate surface area is 152 Å². The van der Waals surface area contributed by atoms with Crippen LogP contribution in [0.2, 0.25) is 0 Å². The molecule has 1 aliphatic heterocycles. The number of ether oxygens (including phenoxy) is 1. The summed E-state index contributed by atoms with van der Waals surface area (Å²) in [6, 6.07) is 17.8. The molecule has 0 aromatic heterocycles. The van der Waals surface area contributed by atoms with Gasteiger partial charge < -0.3 is 9.64 Å². The van der Waals surface area contributed by atoms with Crippen LogP contribution < -0.4 is 4.74 Å². The van der Waals surface area contributed by atoms with Gasteiger partial charge in [-0.3, -0.25) is 9.59 Å². The highest BCUT2D eigenvalue weighted by molar-refractivity contribution is 8.14. The number of likely N-dealkylation sites (tertiary alicyclic amines) is 1. The Kier molecular flexibility index (Phi) is 5.76. The van der Waals surface area contributed by atoms with Crippen molar-refractivity contribution in [3.63, 3.8) is 0 Å². The summed E-state index contributed by atoms with van der Waals surface area (Å²) in [5.74, 6) is 0.971. The van der Waals surface area contributed by atoms with Crippen LogP contribution in [0.4, 0.5) is 0 Å². The molecule has 1 unspecified atom stereocenters. The number of rotatable bonds is 6. The maximum Gasteiger partial charge on any atom is 0.224 e. The molecule has 1 atom stereocenters. The van der Waals surface area contributed by atoms with Gasteiger partial charge in [0.25, 0.3) is 0 Å². The van der Waals surface area contributed by atoms with E-state index in [1.807, 2.05) is 59.5 Å². The third-order valence-corrected chi connectivity index (χ3v) is 5.04. The first-order chi connectivity index (χ1) is 12.1. The van der Waals surface area contributed by atoms with E-state index < -0.39 is 0 Å². The van der Waals surface area contributed by atoms with E-state index in [4.69, 9.17) is 4.74 Å². The molecule has 0 saturated carbocycles.